The third-order valence-corrected chi connectivity index (χ3v) is 4.13. The molecule has 0 aliphatic carbocycles. The van der Waals surface area contributed by atoms with Crippen molar-refractivity contribution in [1.29, 1.82) is 5.26 Å². The minimum Gasteiger partial charge on any atom is -0.313 e. The van der Waals surface area contributed by atoms with Gasteiger partial charge in [0.15, 0.2) is 0 Å². The Hall–Kier alpha value is -1.37. The summed E-state index contributed by atoms with van der Waals surface area (Å²) in [6, 6.07) is 13.7. The Morgan fingerprint density at radius 2 is 2.10 bits per heavy atom. The van der Waals surface area contributed by atoms with E-state index in [1.54, 1.807) is 0 Å². The molecule has 1 saturated heterocycles. The molecular weight excluding hydrogens is 258 g/mol. The fourth-order valence-corrected chi connectivity index (χ4v) is 3.21. The summed E-state index contributed by atoms with van der Waals surface area (Å²) >= 11 is 0. The molecule has 0 bridgehead atoms. The molecule has 1 aliphatic rings. The lowest BCUT2D eigenvalue weighted by molar-refractivity contribution is 0.162. The predicted molar refractivity (Wildman–Crippen MR) is 86.8 cm³/mol. The number of hydrogen-bond donors (Lipinski definition) is 1. The zero-order valence-electron chi connectivity index (χ0n) is 13.3. The highest BCUT2D eigenvalue weighted by Crippen LogP contribution is 2.26. The fourth-order valence-electron chi connectivity index (χ4n) is 3.21. The zero-order chi connectivity index (χ0) is 15.1. The van der Waals surface area contributed by atoms with Crippen molar-refractivity contribution in [3.8, 4) is 6.07 Å². The lowest BCUT2D eigenvalue weighted by Crippen LogP contribution is -2.41. The van der Waals surface area contributed by atoms with E-state index < -0.39 is 0 Å². The highest BCUT2D eigenvalue weighted by atomic mass is 15.2. The highest BCUT2D eigenvalue weighted by Gasteiger charge is 2.25. The molecule has 3 heteroatoms. The van der Waals surface area contributed by atoms with E-state index in [0.29, 0.717) is 18.4 Å². The lowest BCUT2D eigenvalue weighted by Gasteiger charge is -2.34. The first-order chi connectivity index (χ1) is 10.2. The van der Waals surface area contributed by atoms with Crippen molar-refractivity contribution in [2.75, 3.05) is 19.6 Å². The average molecular weight is 285 g/mol. The van der Waals surface area contributed by atoms with Gasteiger partial charge in [-0.1, -0.05) is 44.2 Å². The molecule has 2 unspecified atom stereocenters. The molecule has 21 heavy (non-hydrogen) atoms. The van der Waals surface area contributed by atoms with Crippen LogP contribution in [0.15, 0.2) is 30.3 Å². The van der Waals surface area contributed by atoms with Crippen molar-refractivity contribution < 1.29 is 0 Å². The van der Waals surface area contributed by atoms with Crippen molar-refractivity contribution >= 4 is 0 Å². The Bertz CT molecular complexity index is 443. The molecule has 114 valence electrons. The number of nitrogens with zero attached hydrogens (tertiary/aromatic N) is 2. The summed E-state index contributed by atoms with van der Waals surface area (Å²) in [7, 11) is 0. The molecule has 0 radical (unpaired) electrons. The largest absolute Gasteiger partial charge is 0.313 e. The first kappa shape index (κ1) is 16.0. The van der Waals surface area contributed by atoms with Gasteiger partial charge in [0.25, 0.3) is 0 Å². The maximum absolute atomic E-state index is 9.25. The van der Waals surface area contributed by atoms with E-state index in [-0.39, 0.29) is 6.04 Å². The highest BCUT2D eigenvalue weighted by molar-refractivity contribution is 5.20. The molecule has 1 aromatic rings. The van der Waals surface area contributed by atoms with Crippen LogP contribution in [0, 0.1) is 17.2 Å². The topological polar surface area (TPSA) is 39.1 Å². The Labute approximate surface area is 129 Å². The average Bonchev–Trinajstić information content (AvgIpc) is 2.97. The molecule has 2 atom stereocenters. The normalized spacial score (nSPS) is 19.9. The Kier molecular flexibility index (Phi) is 6.22. The number of nitriles is 1. The third kappa shape index (κ3) is 4.84. The van der Waals surface area contributed by atoms with E-state index in [4.69, 9.17) is 0 Å². The summed E-state index contributed by atoms with van der Waals surface area (Å²) in [5.41, 5.74) is 1.26. The minimum absolute atomic E-state index is 0.209. The van der Waals surface area contributed by atoms with Gasteiger partial charge < -0.3 is 5.32 Å². The van der Waals surface area contributed by atoms with E-state index in [1.807, 2.05) is 6.07 Å². The molecule has 1 heterocycles. The first-order valence-electron chi connectivity index (χ1n) is 8.10. The standard InChI is InChI=1S/C18H27N3/c1-15(2)13-21(14-17-9-6-12-20-17)18(10-11-19)16-7-4-3-5-8-16/h3-5,7-8,15,17-18,20H,6,9-10,12-14H2,1-2H3. The Morgan fingerprint density at radius 3 is 2.67 bits per heavy atom. The lowest BCUT2D eigenvalue weighted by atomic mass is 10.00. The van der Waals surface area contributed by atoms with E-state index in [9.17, 15) is 5.26 Å². The van der Waals surface area contributed by atoms with Gasteiger partial charge in [-0.2, -0.15) is 5.26 Å². The molecular formula is C18H27N3. The Morgan fingerprint density at radius 1 is 1.33 bits per heavy atom. The van der Waals surface area contributed by atoms with Gasteiger partial charge in [-0.3, -0.25) is 4.90 Å². The van der Waals surface area contributed by atoms with E-state index >= 15 is 0 Å². The monoisotopic (exact) mass is 285 g/mol. The van der Waals surface area contributed by atoms with Crippen LogP contribution in [-0.4, -0.2) is 30.6 Å². The maximum Gasteiger partial charge on any atom is 0.0641 e. The summed E-state index contributed by atoms with van der Waals surface area (Å²) in [5.74, 6) is 0.608. The summed E-state index contributed by atoms with van der Waals surface area (Å²) < 4.78 is 0. The zero-order valence-corrected chi connectivity index (χ0v) is 13.3. The van der Waals surface area contributed by atoms with Crippen LogP contribution in [0.25, 0.3) is 0 Å². The molecule has 1 aromatic carbocycles. The molecule has 0 amide bonds. The second kappa shape index (κ2) is 8.17. The van der Waals surface area contributed by atoms with Gasteiger partial charge in [0.05, 0.1) is 12.5 Å². The van der Waals surface area contributed by atoms with Gasteiger partial charge in [0.1, 0.15) is 0 Å². The number of nitrogens with one attached hydrogen (secondary N) is 1. The molecule has 1 N–H and O–H groups in total. The Balaban J connectivity index is 2.15. The van der Waals surface area contributed by atoms with Crippen molar-refractivity contribution in [2.45, 2.75) is 45.2 Å². The van der Waals surface area contributed by atoms with Crippen LogP contribution in [0.3, 0.4) is 0 Å². The summed E-state index contributed by atoms with van der Waals surface area (Å²) in [4.78, 5) is 2.51. The van der Waals surface area contributed by atoms with Gasteiger partial charge in [-0.15, -0.1) is 0 Å². The number of benzene rings is 1. The van der Waals surface area contributed by atoms with Crippen LogP contribution in [0.5, 0.6) is 0 Å². The molecule has 0 saturated carbocycles. The summed E-state index contributed by atoms with van der Waals surface area (Å²) in [6.07, 6.45) is 3.08. The first-order valence-corrected chi connectivity index (χ1v) is 8.10. The molecule has 1 fully saturated rings. The van der Waals surface area contributed by atoms with Crippen LogP contribution in [0.4, 0.5) is 0 Å². The number of rotatable bonds is 7. The van der Waals surface area contributed by atoms with E-state index in [1.165, 1.54) is 18.4 Å². The predicted octanol–water partition coefficient (Wildman–Crippen LogP) is 3.35. The van der Waals surface area contributed by atoms with Gasteiger partial charge in [0, 0.05) is 25.2 Å². The second-order valence-electron chi connectivity index (χ2n) is 6.43. The smallest absolute Gasteiger partial charge is 0.0641 e. The van der Waals surface area contributed by atoms with Crippen molar-refractivity contribution in [3.05, 3.63) is 35.9 Å². The molecule has 0 spiro atoms. The molecule has 2 rings (SSSR count). The van der Waals surface area contributed by atoms with E-state index in [0.717, 1.165) is 19.6 Å². The van der Waals surface area contributed by atoms with Crippen LogP contribution >= 0.6 is 0 Å². The van der Waals surface area contributed by atoms with Crippen molar-refractivity contribution in [1.82, 2.24) is 10.2 Å². The van der Waals surface area contributed by atoms with E-state index in [2.05, 4.69) is 54.4 Å². The van der Waals surface area contributed by atoms with Gasteiger partial charge in [-0.05, 0) is 30.9 Å². The summed E-state index contributed by atoms with van der Waals surface area (Å²) in [5, 5.41) is 12.8. The van der Waals surface area contributed by atoms with Crippen LogP contribution < -0.4 is 5.32 Å². The van der Waals surface area contributed by atoms with Crippen LogP contribution in [0.2, 0.25) is 0 Å². The summed E-state index contributed by atoms with van der Waals surface area (Å²) in [6.45, 7) is 7.72. The van der Waals surface area contributed by atoms with Crippen LogP contribution in [-0.2, 0) is 0 Å². The fraction of sp³-hybridized carbons (Fsp3) is 0.611. The van der Waals surface area contributed by atoms with Crippen molar-refractivity contribution in [2.24, 2.45) is 5.92 Å². The molecule has 1 aliphatic heterocycles. The van der Waals surface area contributed by atoms with Gasteiger partial charge >= 0.3 is 0 Å². The third-order valence-electron chi connectivity index (χ3n) is 4.13. The van der Waals surface area contributed by atoms with Gasteiger partial charge in [-0.25, -0.2) is 0 Å². The molecule has 0 aromatic heterocycles. The van der Waals surface area contributed by atoms with Crippen LogP contribution in [0.1, 0.15) is 44.7 Å². The maximum atomic E-state index is 9.25. The molecule has 3 nitrogen and oxygen atoms in total. The quantitative estimate of drug-likeness (QED) is 0.835. The minimum atomic E-state index is 0.209. The number of hydrogen-bond acceptors (Lipinski definition) is 3. The van der Waals surface area contributed by atoms with Gasteiger partial charge in [0.2, 0.25) is 0 Å². The SMILES string of the molecule is CC(C)CN(CC1CCCN1)C(CC#N)c1ccccc1. The second-order valence-corrected chi connectivity index (χ2v) is 6.43. The van der Waals surface area contributed by atoms with Crippen molar-refractivity contribution in [3.63, 3.8) is 0 Å².